The first kappa shape index (κ1) is 23.5. The fourth-order valence-electron chi connectivity index (χ4n) is 4.45. The lowest BCUT2D eigenvalue weighted by Crippen LogP contribution is -2.60. The Morgan fingerprint density at radius 2 is 1.71 bits per heavy atom. The molecule has 1 saturated heterocycles. The number of aryl methyl sites for hydroxylation is 1. The zero-order valence-corrected chi connectivity index (χ0v) is 21.1. The molecule has 0 amide bonds. The SMILES string of the molecule is Cc1ccc(S(=O)(=O)n2nc(N3CCN(c4ncc(F)cn4)CC3(C)C)c3c(Cl)cccc32)cc1. The van der Waals surface area contributed by atoms with E-state index in [1.54, 1.807) is 42.5 Å². The van der Waals surface area contributed by atoms with Gasteiger partial charge >= 0.3 is 0 Å². The Bertz CT molecular complexity index is 1500. The number of piperazine rings is 1. The van der Waals surface area contributed by atoms with Crippen molar-refractivity contribution in [2.45, 2.75) is 31.2 Å². The fourth-order valence-corrected chi connectivity index (χ4v) is 5.98. The van der Waals surface area contributed by atoms with Gasteiger partial charge < -0.3 is 9.80 Å². The maximum Gasteiger partial charge on any atom is 0.283 e. The lowest BCUT2D eigenvalue weighted by atomic mass is 9.98. The highest BCUT2D eigenvalue weighted by molar-refractivity contribution is 7.90. The zero-order chi connectivity index (χ0) is 25.0. The van der Waals surface area contributed by atoms with E-state index in [4.69, 9.17) is 11.6 Å². The molecule has 11 heteroatoms. The Kier molecular flexibility index (Phi) is 5.68. The number of nitrogens with zero attached hydrogens (tertiary/aromatic N) is 6. The van der Waals surface area contributed by atoms with Crippen LogP contribution in [-0.2, 0) is 10.0 Å². The van der Waals surface area contributed by atoms with Crippen LogP contribution in [0.3, 0.4) is 0 Å². The van der Waals surface area contributed by atoms with Crippen molar-refractivity contribution in [2.24, 2.45) is 0 Å². The highest BCUT2D eigenvalue weighted by atomic mass is 35.5. The Balaban J connectivity index is 1.58. The molecule has 35 heavy (non-hydrogen) atoms. The van der Waals surface area contributed by atoms with Gasteiger partial charge in [-0.15, -0.1) is 5.10 Å². The normalized spacial score (nSPS) is 16.1. The quantitative estimate of drug-likeness (QED) is 0.402. The molecule has 1 aliphatic heterocycles. The lowest BCUT2D eigenvalue weighted by molar-refractivity contribution is 0.408. The van der Waals surface area contributed by atoms with Crippen molar-refractivity contribution in [3.63, 3.8) is 0 Å². The maximum absolute atomic E-state index is 13.6. The van der Waals surface area contributed by atoms with Crippen molar-refractivity contribution in [1.29, 1.82) is 0 Å². The van der Waals surface area contributed by atoms with Gasteiger partial charge in [-0.05, 0) is 45.0 Å². The first-order chi connectivity index (χ1) is 16.6. The zero-order valence-electron chi connectivity index (χ0n) is 19.5. The highest BCUT2D eigenvalue weighted by Crippen LogP contribution is 2.38. The maximum atomic E-state index is 13.6. The second kappa shape index (κ2) is 8.46. The van der Waals surface area contributed by atoms with Gasteiger partial charge in [0.15, 0.2) is 11.6 Å². The molecule has 1 aliphatic rings. The van der Waals surface area contributed by atoms with E-state index in [1.165, 1.54) is 0 Å². The summed E-state index contributed by atoms with van der Waals surface area (Å²) in [7, 11) is -3.96. The Labute approximate surface area is 208 Å². The molecule has 182 valence electrons. The topological polar surface area (TPSA) is 84.2 Å². The summed E-state index contributed by atoms with van der Waals surface area (Å²) in [5, 5.41) is 5.61. The van der Waals surface area contributed by atoms with Crippen molar-refractivity contribution < 1.29 is 12.8 Å². The molecule has 0 bridgehead atoms. The number of fused-ring (bicyclic) bond motifs is 1. The number of hydrogen-bond acceptors (Lipinski definition) is 7. The van der Waals surface area contributed by atoms with Crippen LogP contribution in [0.1, 0.15) is 19.4 Å². The molecule has 2 aromatic heterocycles. The van der Waals surface area contributed by atoms with E-state index in [2.05, 4.69) is 20.0 Å². The summed E-state index contributed by atoms with van der Waals surface area (Å²) in [6.45, 7) is 7.52. The number of halogens is 2. The minimum absolute atomic E-state index is 0.150. The van der Waals surface area contributed by atoms with Crippen LogP contribution in [0.15, 0.2) is 59.8 Å². The summed E-state index contributed by atoms with van der Waals surface area (Å²) in [6, 6.07) is 11.8. The molecule has 0 radical (unpaired) electrons. The van der Waals surface area contributed by atoms with Crippen LogP contribution in [0.4, 0.5) is 16.2 Å². The Morgan fingerprint density at radius 1 is 1.03 bits per heavy atom. The highest BCUT2D eigenvalue weighted by Gasteiger charge is 2.38. The van der Waals surface area contributed by atoms with E-state index >= 15 is 0 Å². The predicted molar refractivity (Wildman–Crippen MR) is 134 cm³/mol. The van der Waals surface area contributed by atoms with Crippen LogP contribution in [0.5, 0.6) is 0 Å². The van der Waals surface area contributed by atoms with Crippen molar-refractivity contribution in [3.05, 3.63) is 71.3 Å². The van der Waals surface area contributed by atoms with Crippen LogP contribution in [-0.4, -0.2) is 52.7 Å². The monoisotopic (exact) mass is 514 g/mol. The van der Waals surface area contributed by atoms with Gasteiger partial charge in [0.05, 0.1) is 38.8 Å². The molecule has 3 heterocycles. The van der Waals surface area contributed by atoms with Gasteiger partial charge in [-0.2, -0.15) is 12.5 Å². The summed E-state index contributed by atoms with van der Waals surface area (Å²) in [5.74, 6) is 0.438. The number of anilines is 2. The molecule has 0 aliphatic carbocycles. The van der Waals surface area contributed by atoms with Gasteiger partial charge in [-0.3, -0.25) is 0 Å². The molecule has 5 rings (SSSR count). The second-order valence-corrected chi connectivity index (χ2v) is 11.4. The largest absolute Gasteiger partial charge is 0.346 e. The standard InChI is InChI=1S/C24H24ClFN6O2S/c1-16-7-9-18(10-8-16)35(33,34)32-20-6-4-5-19(25)21(20)22(29-32)31-12-11-30(15-24(31,2)3)23-27-13-17(26)14-28-23/h4-10,13-14H,11-12,15H2,1-3H3. The molecule has 0 atom stereocenters. The minimum atomic E-state index is -3.96. The van der Waals surface area contributed by atoms with Gasteiger partial charge in [0.1, 0.15) is 0 Å². The summed E-state index contributed by atoms with van der Waals surface area (Å²) in [5.41, 5.74) is 0.880. The third-order valence-corrected chi connectivity index (χ3v) is 8.12. The summed E-state index contributed by atoms with van der Waals surface area (Å²) < 4.78 is 41.5. The van der Waals surface area contributed by atoms with Crippen molar-refractivity contribution in [3.8, 4) is 0 Å². The summed E-state index contributed by atoms with van der Waals surface area (Å²) in [4.78, 5) is 12.4. The van der Waals surface area contributed by atoms with E-state index < -0.39 is 21.4 Å². The molecule has 0 spiro atoms. The van der Waals surface area contributed by atoms with Crippen LogP contribution in [0.2, 0.25) is 5.02 Å². The first-order valence-electron chi connectivity index (χ1n) is 11.1. The average molecular weight is 515 g/mol. The van der Waals surface area contributed by atoms with Crippen LogP contribution >= 0.6 is 11.6 Å². The van der Waals surface area contributed by atoms with Gasteiger partial charge in [-0.25, -0.2) is 14.4 Å². The Hall–Kier alpha value is -3.24. The van der Waals surface area contributed by atoms with Gasteiger partial charge in [0.25, 0.3) is 10.0 Å². The molecular weight excluding hydrogens is 491 g/mol. The molecular formula is C24H24ClFN6O2S. The van der Waals surface area contributed by atoms with Crippen LogP contribution < -0.4 is 9.80 Å². The second-order valence-electron chi connectivity index (χ2n) is 9.21. The van der Waals surface area contributed by atoms with E-state index in [0.717, 1.165) is 22.0 Å². The molecule has 8 nitrogen and oxygen atoms in total. The van der Waals surface area contributed by atoms with E-state index in [0.29, 0.717) is 47.3 Å². The third-order valence-electron chi connectivity index (χ3n) is 6.20. The van der Waals surface area contributed by atoms with Crippen molar-refractivity contribution in [1.82, 2.24) is 19.2 Å². The molecule has 0 N–H and O–H groups in total. The number of aromatic nitrogens is 4. The lowest BCUT2D eigenvalue weighted by Gasteiger charge is -2.47. The predicted octanol–water partition coefficient (Wildman–Crippen LogP) is 4.27. The fraction of sp³-hybridized carbons (Fsp3) is 0.292. The molecule has 0 unspecified atom stereocenters. The van der Waals surface area contributed by atoms with Crippen molar-refractivity contribution >= 4 is 44.3 Å². The minimum Gasteiger partial charge on any atom is -0.346 e. The van der Waals surface area contributed by atoms with Crippen LogP contribution in [0, 0.1) is 12.7 Å². The van der Waals surface area contributed by atoms with Gasteiger partial charge in [0.2, 0.25) is 5.95 Å². The average Bonchev–Trinajstić information content (AvgIpc) is 3.20. The van der Waals surface area contributed by atoms with E-state index in [-0.39, 0.29) is 4.90 Å². The smallest absolute Gasteiger partial charge is 0.283 e. The van der Waals surface area contributed by atoms with Gasteiger partial charge in [-0.1, -0.05) is 35.4 Å². The number of hydrogen-bond donors (Lipinski definition) is 0. The van der Waals surface area contributed by atoms with Crippen LogP contribution in [0.25, 0.3) is 10.9 Å². The van der Waals surface area contributed by atoms with E-state index in [9.17, 15) is 12.8 Å². The molecule has 0 saturated carbocycles. The van der Waals surface area contributed by atoms with E-state index in [1.807, 2.05) is 25.7 Å². The summed E-state index contributed by atoms with van der Waals surface area (Å²) in [6.07, 6.45) is 2.29. The molecule has 1 fully saturated rings. The first-order valence-corrected chi connectivity index (χ1v) is 12.9. The summed E-state index contributed by atoms with van der Waals surface area (Å²) >= 11 is 6.60. The van der Waals surface area contributed by atoms with Crippen molar-refractivity contribution in [2.75, 3.05) is 29.4 Å². The molecule has 4 aromatic rings. The number of benzene rings is 2. The van der Waals surface area contributed by atoms with Gasteiger partial charge in [0, 0.05) is 19.6 Å². The molecule has 2 aromatic carbocycles. The third kappa shape index (κ3) is 4.10. The number of rotatable bonds is 4. The Morgan fingerprint density at radius 3 is 2.37 bits per heavy atom.